The number of piperidine rings is 1. The van der Waals surface area contributed by atoms with E-state index in [-0.39, 0.29) is 29.7 Å². The fourth-order valence-electron chi connectivity index (χ4n) is 4.16. The fourth-order valence-corrected chi connectivity index (χ4v) is 4.16. The van der Waals surface area contributed by atoms with Crippen LogP contribution in [0.15, 0.2) is 30.3 Å². The lowest BCUT2D eigenvalue weighted by molar-refractivity contribution is -0.137. The minimum Gasteiger partial charge on any atom is -0.353 e. The van der Waals surface area contributed by atoms with Crippen molar-refractivity contribution in [1.82, 2.24) is 15.5 Å². The van der Waals surface area contributed by atoms with E-state index in [0.29, 0.717) is 18.7 Å². The van der Waals surface area contributed by atoms with Crippen LogP contribution in [0.5, 0.6) is 0 Å². The number of carbonyl (C=O) groups is 3. The fraction of sp³-hybridized carbons (Fsp3) is 0.591. The van der Waals surface area contributed by atoms with Crippen LogP contribution < -0.4 is 10.6 Å². The molecule has 2 atom stereocenters. The molecule has 2 N–H and O–H groups in total. The van der Waals surface area contributed by atoms with Gasteiger partial charge in [-0.3, -0.25) is 14.4 Å². The molecule has 1 aliphatic heterocycles. The van der Waals surface area contributed by atoms with E-state index in [1.54, 1.807) is 36.1 Å². The molecule has 0 spiro atoms. The lowest BCUT2D eigenvalue weighted by Crippen LogP contribution is -2.52. The maximum atomic E-state index is 12.8. The van der Waals surface area contributed by atoms with Crippen LogP contribution in [0, 0.1) is 5.92 Å². The SMILES string of the molecule is CC(NC(=O)c1ccccc1)C(=O)N1CCCC(C(=O)NC2CCCCC2)C1. The third-order valence-electron chi connectivity index (χ3n) is 5.81. The molecule has 1 saturated carbocycles. The molecule has 2 unspecified atom stereocenters. The highest BCUT2D eigenvalue weighted by molar-refractivity contribution is 5.97. The number of carbonyl (C=O) groups excluding carboxylic acids is 3. The van der Waals surface area contributed by atoms with Crippen LogP contribution >= 0.6 is 0 Å². The highest BCUT2D eigenvalue weighted by Crippen LogP contribution is 2.21. The van der Waals surface area contributed by atoms with Gasteiger partial charge >= 0.3 is 0 Å². The van der Waals surface area contributed by atoms with Gasteiger partial charge in [0.2, 0.25) is 11.8 Å². The smallest absolute Gasteiger partial charge is 0.251 e. The molecule has 152 valence electrons. The molecule has 1 heterocycles. The minimum absolute atomic E-state index is 0.0744. The number of amides is 3. The zero-order chi connectivity index (χ0) is 19.9. The third-order valence-corrected chi connectivity index (χ3v) is 5.81. The largest absolute Gasteiger partial charge is 0.353 e. The van der Waals surface area contributed by atoms with E-state index in [1.807, 2.05) is 6.07 Å². The summed E-state index contributed by atoms with van der Waals surface area (Å²) in [4.78, 5) is 39.5. The quantitative estimate of drug-likeness (QED) is 0.817. The van der Waals surface area contributed by atoms with Gasteiger partial charge in [0.1, 0.15) is 6.04 Å². The Kier molecular flexibility index (Phi) is 7.06. The van der Waals surface area contributed by atoms with Crippen LogP contribution in [0.3, 0.4) is 0 Å². The van der Waals surface area contributed by atoms with Crippen molar-refractivity contribution in [2.75, 3.05) is 13.1 Å². The van der Waals surface area contributed by atoms with Crippen molar-refractivity contribution >= 4 is 17.7 Å². The monoisotopic (exact) mass is 385 g/mol. The van der Waals surface area contributed by atoms with Crippen LogP contribution in [0.2, 0.25) is 0 Å². The first-order valence-corrected chi connectivity index (χ1v) is 10.5. The van der Waals surface area contributed by atoms with Gasteiger partial charge in [-0.15, -0.1) is 0 Å². The van der Waals surface area contributed by atoms with Gasteiger partial charge < -0.3 is 15.5 Å². The van der Waals surface area contributed by atoms with Gasteiger partial charge in [-0.2, -0.15) is 0 Å². The minimum atomic E-state index is -0.618. The van der Waals surface area contributed by atoms with E-state index in [4.69, 9.17) is 0 Å². The molecule has 0 aromatic heterocycles. The van der Waals surface area contributed by atoms with Crippen molar-refractivity contribution in [3.8, 4) is 0 Å². The predicted octanol–water partition coefficient (Wildman–Crippen LogP) is 2.49. The van der Waals surface area contributed by atoms with Crippen molar-refractivity contribution in [3.63, 3.8) is 0 Å². The first-order chi connectivity index (χ1) is 13.5. The van der Waals surface area contributed by atoms with Crippen LogP contribution in [-0.2, 0) is 9.59 Å². The first-order valence-electron chi connectivity index (χ1n) is 10.5. The molecule has 6 nitrogen and oxygen atoms in total. The Morgan fingerprint density at radius 3 is 2.43 bits per heavy atom. The number of nitrogens with zero attached hydrogens (tertiary/aromatic N) is 1. The molecule has 3 rings (SSSR count). The van der Waals surface area contributed by atoms with Crippen LogP contribution in [0.1, 0.15) is 62.2 Å². The van der Waals surface area contributed by atoms with Crippen molar-refractivity contribution in [1.29, 1.82) is 0 Å². The van der Waals surface area contributed by atoms with Gasteiger partial charge in [-0.05, 0) is 44.7 Å². The summed E-state index contributed by atoms with van der Waals surface area (Å²) >= 11 is 0. The number of likely N-dealkylation sites (tertiary alicyclic amines) is 1. The van der Waals surface area contributed by atoms with Gasteiger partial charge in [0, 0.05) is 24.7 Å². The topological polar surface area (TPSA) is 78.5 Å². The molecule has 28 heavy (non-hydrogen) atoms. The van der Waals surface area contributed by atoms with E-state index in [0.717, 1.165) is 25.7 Å². The van der Waals surface area contributed by atoms with E-state index >= 15 is 0 Å². The Morgan fingerprint density at radius 2 is 1.71 bits per heavy atom. The molecule has 0 bridgehead atoms. The summed E-state index contributed by atoms with van der Waals surface area (Å²) in [7, 11) is 0. The molecule has 1 aromatic rings. The Labute approximate surface area is 167 Å². The summed E-state index contributed by atoms with van der Waals surface area (Å²) in [6.07, 6.45) is 7.36. The highest BCUT2D eigenvalue weighted by Gasteiger charge is 2.32. The third kappa shape index (κ3) is 5.33. The molecular formula is C22H31N3O3. The summed E-state index contributed by atoms with van der Waals surface area (Å²) in [5.74, 6) is -0.466. The Hall–Kier alpha value is -2.37. The predicted molar refractivity (Wildman–Crippen MR) is 108 cm³/mol. The zero-order valence-electron chi connectivity index (χ0n) is 16.7. The number of hydrogen-bond acceptors (Lipinski definition) is 3. The first kappa shape index (κ1) is 20.4. The van der Waals surface area contributed by atoms with E-state index in [2.05, 4.69) is 10.6 Å². The normalized spacial score (nSPS) is 21.6. The standard InChI is InChI=1S/C22H31N3O3/c1-16(23-20(26)17-9-4-2-5-10-17)22(28)25-14-8-11-18(15-25)21(27)24-19-12-6-3-7-13-19/h2,4-5,9-10,16,18-19H,3,6-8,11-15H2,1H3,(H,23,26)(H,24,27). The lowest BCUT2D eigenvalue weighted by atomic mass is 9.93. The van der Waals surface area contributed by atoms with Gasteiger partial charge in [-0.25, -0.2) is 0 Å². The lowest BCUT2D eigenvalue weighted by Gasteiger charge is -2.35. The summed E-state index contributed by atoms with van der Waals surface area (Å²) in [5.41, 5.74) is 0.533. The average Bonchev–Trinajstić information content (AvgIpc) is 2.74. The van der Waals surface area contributed by atoms with E-state index in [9.17, 15) is 14.4 Å². The number of hydrogen-bond donors (Lipinski definition) is 2. The molecule has 6 heteroatoms. The molecule has 2 aliphatic rings. The Morgan fingerprint density at radius 1 is 1.00 bits per heavy atom. The van der Waals surface area contributed by atoms with Gasteiger partial charge in [0.05, 0.1) is 5.92 Å². The average molecular weight is 386 g/mol. The van der Waals surface area contributed by atoms with Gasteiger partial charge in [0.25, 0.3) is 5.91 Å². The van der Waals surface area contributed by atoms with Gasteiger partial charge in [-0.1, -0.05) is 37.5 Å². The molecule has 0 radical (unpaired) electrons. The number of nitrogens with one attached hydrogen (secondary N) is 2. The summed E-state index contributed by atoms with van der Waals surface area (Å²) in [5, 5.41) is 5.96. The second-order valence-corrected chi connectivity index (χ2v) is 8.03. The second kappa shape index (κ2) is 9.71. The van der Waals surface area contributed by atoms with Crippen molar-refractivity contribution in [2.24, 2.45) is 5.92 Å². The number of benzene rings is 1. The maximum absolute atomic E-state index is 12.8. The number of rotatable bonds is 5. The maximum Gasteiger partial charge on any atom is 0.251 e. The highest BCUT2D eigenvalue weighted by atomic mass is 16.2. The van der Waals surface area contributed by atoms with Crippen LogP contribution in [-0.4, -0.2) is 47.8 Å². The summed E-state index contributed by atoms with van der Waals surface area (Å²) in [6, 6.07) is 8.54. The Balaban J connectivity index is 1.51. The summed E-state index contributed by atoms with van der Waals surface area (Å²) < 4.78 is 0. The molecule has 1 aromatic carbocycles. The molecule has 3 amide bonds. The molecule has 2 fully saturated rings. The van der Waals surface area contributed by atoms with Crippen molar-refractivity contribution < 1.29 is 14.4 Å². The van der Waals surface area contributed by atoms with Crippen LogP contribution in [0.4, 0.5) is 0 Å². The van der Waals surface area contributed by atoms with Crippen molar-refractivity contribution in [3.05, 3.63) is 35.9 Å². The van der Waals surface area contributed by atoms with E-state index in [1.165, 1.54) is 19.3 Å². The summed E-state index contributed by atoms with van der Waals surface area (Å²) in [6.45, 7) is 2.77. The van der Waals surface area contributed by atoms with Gasteiger partial charge in [0.15, 0.2) is 0 Å². The molecule has 1 saturated heterocycles. The molecular weight excluding hydrogens is 354 g/mol. The van der Waals surface area contributed by atoms with E-state index < -0.39 is 6.04 Å². The molecule has 1 aliphatic carbocycles. The second-order valence-electron chi connectivity index (χ2n) is 8.03. The Bertz CT molecular complexity index is 686. The zero-order valence-corrected chi connectivity index (χ0v) is 16.7. The van der Waals surface area contributed by atoms with Crippen LogP contribution in [0.25, 0.3) is 0 Å². The van der Waals surface area contributed by atoms with Crippen molar-refractivity contribution in [2.45, 2.75) is 64.0 Å².